The van der Waals surface area contributed by atoms with Crippen LogP contribution >= 0.6 is 27.5 Å². The molecule has 0 saturated carbocycles. The minimum atomic E-state index is -0.549. The Labute approximate surface area is 140 Å². The van der Waals surface area contributed by atoms with Crippen molar-refractivity contribution >= 4 is 39.1 Å². The van der Waals surface area contributed by atoms with Crippen LogP contribution in [0.3, 0.4) is 0 Å². The number of amides is 1. The molecule has 116 valence electrons. The number of hydrogen-bond acceptors (Lipinski definition) is 3. The Kier molecular flexibility index (Phi) is 5.63. The van der Waals surface area contributed by atoms with Crippen molar-refractivity contribution in [3.63, 3.8) is 0 Å². The van der Waals surface area contributed by atoms with Crippen molar-refractivity contribution in [3.8, 4) is 5.75 Å². The molecule has 0 aliphatic heterocycles. The van der Waals surface area contributed by atoms with Crippen LogP contribution in [0.25, 0.3) is 0 Å². The molecule has 0 aliphatic carbocycles. The molecular formula is C15H13BrClFN2O2. The molecule has 2 rings (SSSR count). The van der Waals surface area contributed by atoms with E-state index >= 15 is 0 Å². The molecule has 2 aromatic carbocycles. The maximum absolute atomic E-state index is 13.1. The topological polar surface area (TPSA) is 64.4 Å². The molecule has 0 aliphatic rings. The van der Waals surface area contributed by atoms with Gasteiger partial charge < -0.3 is 15.8 Å². The van der Waals surface area contributed by atoms with Crippen molar-refractivity contribution in [2.24, 2.45) is 5.73 Å². The average Bonchev–Trinajstić information content (AvgIpc) is 2.47. The highest BCUT2D eigenvalue weighted by Gasteiger charge is 2.07. The molecule has 22 heavy (non-hydrogen) atoms. The summed E-state index contributed by atoms with van der Waals surface area (Å²) in [7, 11) is 0. The fraction of sp³-hybridized carbons (Fsp3) is 0.133. The molecule has 0 fully saturated rings. The van der Waals surface area contributed by atoms with Gasteiger partial charge in [-0.3, -0.25) is 4.79 Å². The van der Waals surface area contributed by atoms with E-state index < -0.39 is 11.7 Å². The highest BCUT2D eigenvalue weighted by atomic mass is 79.9. The molecule has 0 radical (unpaired) electrons. The van der Waals surface area contributed by atoms with Gasteiger partial charge in [-0.25, -0.2) is 4.39 Å². The number of nitrogens with two attached hydrogens (primary N) is 1. The van der Waals surface area contributed by atoms with Crippen LogP contribution in [-0.2, 0) is 11.3 Å². The summed E-state index contributed by atoms with van der Waals surface area (Å²) in [6.45, 7) is 0.215. The first-order valence-electron chi connectivity index (χ1n) is 6.34. The fourth-order valence-corrected chi connectivity index (χ4v) is 2.37. The first-order valence-corrected chi connectivity index (χ1v) is 7.51. The van der Waals surface area contributed by atoms with Gasteiger partial charge in [0.2, 0.25) is 0 Å². The molecule has 0 heterocycles. The number of ether oxygens (including phenoxy) is 1. The summed E-state index contributed by atoms with van der Waals surface area (Å²) in [4.78, 5) is 10.8. The molecule has 0 spiro atoms. The van der Waals surface area contributed by atoms with E-state index in [9.17, 15) is 9.18 Å². The third-order valence-corrected chi connectivity index (χ3v) is 3.58. The third kappa shape index (κ3) is 4.61. The second-order valence-electron chi connectivity index (χ2n) is 4.49. The summed E-state index contributed by atoms with van der Waals surface area (Å²) in [5.41, 5.74) is 6.57. The first-order chi connectivity index (χ1) is 10.5. The molecule has 1 amide bonds. The molecule has 0 saturated heterocycles. The van der Waals surface area contributed by atoms with Gasteiger partial charge in [-0.15, -0.1) is 0 Å². The standard InChI is InChI=1S/C15H13BrClFN2O2/c16-10-1-4-14(22-8-15(19)21)9(5-10)7-20-11-2-3-13(18)12(17)6-11/h1-6,20H,7-8H2,(H2,19,21). The lowest BCUT2D eigenvalue weighted by molar-refractivity contribution is -0.119. The normalized spacial score (nSPS) is 10.3. The summed E-state index contributed by atoms with van der Waals surface area (Å²) in [6.07, 6.45) is 0. The summed E-state index contributed by atoms with van der Waals surface area (Å²) < 4.78 is 19.4. The highest BCUT2D eigenvalue weighted by Crippen LogP contribution is 2.25. The average molecular weight is 388 g/mol. The predicted octanol–water partition coefficient (Wildman–Crippen LogP) is 3.72. The summed E-state index contributed by atoms with van der Waals surface area (Å²) in [5, 5.41) is 3.16. The number of rotatable bonds is 6. The number of carbonyl (C=O) groups excluding carboxylic acids is 1. The van der Waals surface area contributed by atoms with Crippen molar-refractivity contribution in [2.75, 3.05) is 11.9 Å². The van der Waals surface area contributed by atoms with Crippen LogP contribution in [0.5, 0.6) is 5.75 Å². The third-order valence-electron chi connectivity index (χ3n) is 2.80. The van der Waals surface area contributed by atoms with Gasteiger partial charge in [0.25, 0.3) is 5.91 Å². The van der Waals surface area contributed by atoms with Crippen LogP contribution in [0.15, 0.2) is 40.9 Å². The SMILES string of the molecule is NC(=O)COc1ccc(Br)cc1CNc1ccc(F)c(Cl)c1. The number of primary amides is 1. The molecule has 0 atom stereocenters. The van der Waals surface area contributed by atoms with Crippen molar-refractivity contribution in [3.05, 3.63) is 57.3 Å². The summed E-state index contributed by atoms with van der Waals surface area (Å²) in [6, 6.07) is 9.77. The Morgan fingerprint density at radius 1 is 1.32 bits per heavy atom. The first kappa shape index (κ1) is 16.6. The zero-order valence-corrected chi connectivity index (χ0v) is 13.7. The van der Waals surface area contributed by atoms with E-state index in [1.807, 2.05) is 6.07 Å². The lowest BCUT2D eigenvalue weighted by Gasteiger charge is -2.13. The van der Waals surface area contributed by atoms with Crippen molar-refractivity contribution in [2.45, 2.75) is 6.54 Å². The molecule has 0 bridgehead atoms. The Balaban J connectivity index is 2.11. The van der Waals surface area contributed by atoms with Gasteiger partial charge in [-0.1, -0.05) is 27.5 Å². The number of benzene rings is 2. The molecule has 3 N–H and O–H groups in total. The number of halogens is 3. The summed E-state index contributed by atoms with van der Waals surface area (Å²) in [5.74, 6) is -0.477. The van der Waals surface area contributed by atoms with Crippen LogP contribution in [0.4, 0.5) is 10.1 Å². The van der Waals surface area contributed by atoms with Crippen molar-refractivity contribution in [1.82, 2.24) is 0 Å². The van der Waals surface area contributed by atoms with E-state index in [1.54, 1.807) is 18.2 Å². The zero-order chi connectivity index (χ0) is 16.1. The van der Waals surface area contributed by atoms with Gasteiger partial charge >= 0.3 is 0 Å². The second kappa shape index (κ2) is 7.47. The van der Waals surface area contributed by atoms with Gasteiger partial charge in [0.1, 0.15) is 11.6 Å². The van der Waals surface area contributed by atoms with Crippen LogP contribution < -0.4 is 15.8 Å². The van der Waals surface area contributed by atoms with Crippen molar-refractivity contribution < 1.29 is 13.9 Å². The fourth-order valence-electron chi connectivity index (χ4n) is 1.78. The quantitative estimate of drug-likeness (QED) is 0.794. The lowest BCUT2D eigenvalue weighted by atomic mass is 10.2. The van der Waals surface area contributed by atoms with Gasteiger partial charge in [0, 0.05) is 22.3 Å². The van der Waals surface area contributed by atoms with E-state index in [2.05, 4.69) is 21.2 Å². The Bertz CT molecular complexity index is 697. The Hall–Kier alpha value is -1.79. The van der Waals surface area contributed by atoms with Gasteiger partial charge in [-0.05, 0) is 36.4 Å². The maximum atomic E-state index is 13.1. The van der Waals surface area contributed by atoms with E-state index in [-0.39, 0.29) is 11.6 Å². The molecule has 2 aromatic rings. The summed E-state index contributed by atoms with van der Waals surface area (Å²) >= 11 is 9.12. The van der Waals surface area contributed by atoms with Gasteiger partial charge in [0.05, 0.1) is 5.02 Å². The van der Waals surface area contributed by atoms with Crippen LogP contribution in [0.1, 0.15) is 5.56 Å². The minimum absolute atomic E-state index is 0.0458. The van der Waals surface area contributed by atoms with Gasteiger partial charge in [-0.2, -0.15) is 0 Å². The Morgan fingerprint density at radius 3 is 2.77 bits per heavy atom. The van der Waals surface area contributed by atoms with E-state index in [1.165, 1.54) is 12.1 Å². The maximum Gasteiger partial charge on any atom is 0.255 e. The highest BCUT2D eigenvalue weighted by molar-refractivity contribution is 9.10. The largest absolute Gasteiger partial charge is 0.483 e. The van der Waals surface area contributed by atoms with E-state index in [0.29, 0.717) is 18.0 Å². The van der Waals surface area contributed by atoms with Crippen LogP contribution in [0.2, 0.25) is 5.02 Å². The van der Waals surface area contributed by atoms with Gasteiger partial charge in [0.15, 0.2) is 6.61 Å². The predicted molar refractivity (Wildman–Crippen MR) is 87.6 cm³/mol. The smallest absolute Gasteiger partial charge is 0.255 e. The monoisotopic (exact) mass is 386 g/mol. The molecule has 7 heteroatoms. The number of anilines is 1. The molecular weight excluding hydrogens is 375 g/mol. The zero-order valence-electron chi connectivity index (χ0n) is 11.4. The minimum Gasteiger partial charge on any atom is -0.483 e. The van der Waals surface area contributed by atoms with Crippen LogP contribution in [-0.4, -0.2) is 12.5 Å². The molecule has 4 nitrogen and oxygen atoms in total. The second-order valence-corrected chi connectivity index (χ2v) is 5.81. The van der Waals surface area contributed by atoms with E-state index in [0.717, 1.165) is 10.0 Å². The van der Waals surface area contributed by atoms with Crippen LogP contribution in [0, 0.1) is 5.82 Å². The lowest BCUT2D eigenvalue weighted by Crippen LogP contribution is -2.20. The molecule has 0 unspecified atom stereocenters. The number of carbonyl (C=O) groups is 1. The molecule has 0 aromatic heterocycles. The number of nitrogens with one attached hydrogen (secondary N) is 1. The van der Waals surface area contributed by atoms with Crippen molar-refractivity contribution in [1.29, 1.82) is 0 Å². The van der Waals surface area contributed by atoms with E-state index in [4.69, 9.17) is 22.1 Å². The number of hydrogen-bond donors (Lipinski definition) is 2. The Morgan fingerprint density at radius 2 is 2.09 bits per heavy atom.